The smallest absolute Gasteiger partial charge is 0.411 e. The Labute approximate surface area is 157 Å². The van der Waals surface area contributed by atoms with Gasteiger partial charge < -0.3 is 19.5 Å². The molecule has 27 heavy (non-hydrogen) atoms. The summed E-state index contributed by atoms with van der Waals surface area (Å²) in [5.74, 6) is -0.268. The molecule has 2 aliphatic rings. The number of ether oxygens (including phenoxy) is 2. The van der Waals surface area contributed by atoms with Crippen LogP contribution in [0.4, 0.5) is 4.79 Å². The minimum absolute atomic E-state index is 0.0174. The van der Waals surface area contributed by atoms with Gasteiger partial charge in [-0.15, -0.1) is 0 Å². The quantitative estimate of drug-likeness (QED) is 0.779. The summed E-state index contributed by atoms with van der Waals surface area (Å²) in [5.41, 5.74) is 0.113. The van der Waals surface area contributed by atoms with Crippen LogP contribution in [0.3, 0.4) is 0 Å². The van der Waals surface area contributed by atoms with E-state index in [1.54, 1.807) is 17.0 Å². The summed E-state index contributed by atoms with van der Waals surface area (Å²) < 4.78 is 10.1. The van der Waals surface area contributed by atoms with E-state index in [0.29, 0.717) is 45.3 Å². The van der Waals surface area contributed by atoms with Gasteiger partial charge in [0.2, 0.25) is 5.91 Å². The molecule has 0 aliphatic carbocycles. The lowest BCUT2D eigenvalue weighted by molar-refractivity contribution is -0.141. The van der Waals surface area contributed by atoms with Gasteiger partial charge in [-0.2, -0.15) is 0 Å². The molecule has 146 valence electrons. The zero-order chi connectivity index (χ0) is 19.4. The Kier molecular flexibility index (Phi) is 5.53. The van der Waals surface area contributed by atoms with Crippen LogP contribution in [0.1, 0.15) is 24.8 Å². The highest BCUT2D eigenvalue weighted by Crippen LogP contribution is 2.33. The van der Waals surface area contributed by atoms with Crippen LogP contribution in [0.5, 0.6) is 5.75 Å². The minimum Gasteiger partial charge on any atom is -0.508 e. The highest BCUT2D eigenvalue weighted by Gasteiger charge is 2.47. The maximum absolute atomic E-state index is 12.5. The molecule has 0 atom stereocenters. The number of benzene rings is 1. The molecule has 2 saturated heterocycles. The lowest BCUT2D eigenvalue weighted by Crippen LogP contribution is -2.49. The maximum Gasteiger partial charge on any atom is 0.411 e. The van der Waals surface area contributed by atoms with Gasteiger partial charge in [-0.05, 0) is 18.1 Å². The number of hydrogen-bond donors (Lipinski definition) is 1. The third-order valence-corrected chi connectivity index (χ3v) is 5.22. The molecule has 0 radical (unpaired) electrons. The average molecular weight is 376 g/mol. The SMILES string of the molecule is COC(=O)CN1CC2(CCN(C(=O)CCc3ccccc3O)CC2)OC1=O. The van der Waals surface area contributed by atoms with Gasteiger partial charge in [0.1, 0.15) is 17.9 Å². The van der Waals surface area contributed by atoms with Gasteiger partial charge in [-0.1, -0.05) is 18.2 Å². The summed E-state index contributed by atoms with van der Waals surface area (Å²) in [6.07, 6.45) is 1.37. The van der Waals surface area contributed by atoms with E-state index in [1.807, 2.05) is 12.1 Å². The highest BCUT2D eigenvalue weighted by molar-refractivity contribution is 5.79. The number of rotatable bonds is 5. The number of carbonyl (C=O) groups excluding carboxylic acids is 3. The van der Waals surface area contributed by atoms with Crippen LogP contribution < -0.4 is 0 Å². The number of nitrogens with zero attached hydrogens (tertiary/aromatic N) is 2. The van der Waals surface area contributed by atoms with Gasteiger partial charge in [-0.25, -0.2) is 4.79 Å². The zero-order valence-electron chi connectivity index (χ0n) is 15.3. The lowest BCUT2D eigenvalue weighted by Gasteiger charge is -2.37. The fourth-order valence-electron chi connectivity index (χ4n) is 3.58. The van der Waals surface area contributed by atoms with Crippen LogP contribution in [-0.4, -0.2) is 71.8 Å². The van der Waals surface area contributed by atoms with Crippen LogP contribution in [0.15, 0.2) is 24.3 Å². The van der Waals surface area contributed by atoms with Crippen molar-refractivity contribution in [3.8, 4) is 5.75 Å². The van der Waals surface area contributed by atoms with Crippen molar-refractivity contribution in [3.63, 3.8) is 0 Å². The van der Waals surface area contributed by atoms with Crippen LogP contribution in [-0.2, 0) is 25.5 Å². The van der Waals surface area contributed by atoms with E-state index in [2.05, 4.69) is 4.74 Å². The van der Waals surface area contributed by atoms with Gasteiger partial charge >= 0.3 is 12.1 Å². The molecule has 8 nitrogen and oxygen atoms in total. The molecule has 1 aromatic rings. The van der Waals surface area contributed by atoms with Crippen LogP contribution in [0.25, 0.3) is 0 Å². The maximum atomic E-state index is 12.5. The number of amides is 2. The molecule has 1 N–H and O–H groups in total. The zero-order valence-corrected chi connectivity index (χ0v) is 15.3. The summed E-state index contributed by atoms with van der Waals surface area (Å²) >= 11 is 0. The van der Waals surface area contributed by atoms with E-state index in [1.165, 1.54) is 12.0 Å². The van der Waals surface area contributed by atoms with Gasteiger partial charge in [0.15, 0.2) is 0 Å². The number of aryl methyl sites for hydroxylation is 1. The molecule has 3 rings (SSSR count). The van der Waals surface area contributed by atoms with Crippen LogP contribution in [0, 0.1) is 0 Å². The fraction of sp³-hybridized carbons (Fsp3) is 0.526. The molecular weight excluding hydrogens is 352 g/mol. The second-order valence-corrected chi connectivity index (χ2v) is 6.99. The third kappa shape index (κ3) is 4.32. The second-order valence-electron chi connectivity index (χ2n) is 6.99. The standard InChI is InChI=1S/C19H24N2O6/c1-26-17(24)12-21-13-19(27-18(21)25)8-10-20(11-9-19)16(23)7-6-14-4-2-3-5-15(14)22/h2-5,22H,6-13H2,1H3. The van der Waals surface area contributed by atoms with E-state index in [-0.39, 0.29) is 18.2 Å². The Morgan fingerprint density at radius 1 is 1.26 bits per heavy atom. The van der Waals surface area contributed by atoms with Crippen molar-refractivity contribution in [2.45, 2.75) is 31.3 Å². The first-order valence-corrected chi connectivity index (χ1v) is 9.02. The summed E-state index contributed by atoms with van der Waals surface area (Å²) in [5, 5.41) is 9.79. The molecular formula is C19H24N2O6. The molecule has 0 unspecified atom stereocenters. The molecule has 0 aromatic heterocycles. The molecule has 1 aromatic carbocycles. The van der Waals surface area contributed by atoms with E-state index in [0.717, 1.165) is 5.56 Å². The lowest BCUT2D eigenvalue weighted by atomic mass is 9.91. The Bertz CT molecular complexity index is 727. The van der Waals surface area contributed by atoms with Gasteiger partial charge in [0.05, 0.1) is 13.7 Å². The summed E-state index contributed by atoms with van der Waals surface area (Å²) in [6, 6.07) is 7.00. The number of piperidine rings is 1. The number of methoxy groups -OCH3 is 1. The largest absolute Gasteiger partial charge is 0.508 e. The Morgan fingerprint density at radius 3 is 2.63 bits per heavy atom. The third-order valence-electron chi connectivity index (χ3n) is 5.22. The minimum atomic E-state index is -0.639. The first-order valence-electron chi connectivity index (χ1n) is 9.02. The fourth-order valence-corrected chi connectivity index (χ4v) is 3.58. The molecule has 2 aliphatic heterocycles. The number of phenols is 1. The summed E-state index contributed by atoms with van der Waals surface area (Å²) in [7, 11) is 1.28. The molecule has 2 amide bonds. The van der Waals surface area contributed by atoms with E-state index < -0.39 is 17.7 Å². The monoisotopic (exact) mass is 376 g/mol. The molecule has 2 heterocycles. The van der Waals surface area contributed by atoms with Crippen molar-refractivity contribution in [1.29, 1.82) is 0 Å². The summed E-state index contributed by atoms with van der Waals surface area (Å²) in [6.45, 7) is 1.21. The van der Waals surface area contributed by atoms with Gasteiger partial charge in [0, 0.05) is 32.4 Å². The Balaban J connectivity index is 1.50. The van der Waals surface area contributed by atoms with E-state index >= 15 is 0 Å². The van der Waals surface area contributed by atoms with Gasteiger partial charge in [0.25, 0.3) is 0 Å². The first-order chi connectivity index (χ1) is 12.9. The van der Waals surface area contributed by atoms with E-state index in [4.69, 9.17) is 4.74 Å². The van der Waals surface area contributed by atoms with Crippen molar-refractivity contribution in [2.24, 2.45) is 0 Å². The molecule has 0 saturated carbocycles. The first kappa shape index (κ1) is 19.0. The number of phenolic OH excluding ortho intramolecular Hbond substituents is 1. The van der Waals surface area contributed by atoms with Crippen molar-refractivity contribution in [3.05, 3.63) is 29.8 Å². The Hall–Kier alpha value is -2.77. The van der Waals surface area contributed by atoms with Crippen LogP contribution in [0.2, 0.25) is 0 Å². The predicted molar refractivity (Wildman–Crippen MR) is 95.0 cm³/mol. The van der Waals surface area contributed by atoms with Crippen molar-refractivity contribution in [2.75, 3.05) is 33.3 Å². The molecule has 2 fully saturated rings. The van der Waals surface area contributed by atoms with Crippen molar-refractivity contribution >= 4 is 18.0 Å². The Morgan fingerprint density at radius 2 is 1.96 bits per heavy atom. The topological polar surface area (TPSA) is 96.4 Å². The predicted octanol–water partition coefficient (Wildman–Crippen LogP) is 1.31. The number of aromatic hydroxyl groups is 1. The molecule has 0 bridgehead atoms. The normalized spacial score (nSPS) is 18.5. The van der Waals surface area contributed by atoms with E-state index in [9.17, 15) is 19.5 Å². The average Bonchev–Trinajstić information content (AvgIpc) is 2.96. The second kappa shape index (κ2) is 7.85. The number of carbonyl (C=O) groups is 3. The molecule has 8 heteroatoms. The number of esters is 1. The number of hydrogen-bond acceptors (Lipinski definition) is 6. The van der Waals surface area contributed by atoms with Gasteiger partial charge in [-0.3, -0.25) is 14.5 Å². The summed E-state index contributed by atoms with van der Waals surface area (Å²) in [4.78, 5) is 39.0. The van der Waals surface area contributed by atoms with Crippen LogP contribution >= 0.6 is 0 Å². The van der Waals surface area contributed by atoms with Crippen molar-refractivity contribution < 1.29 is 29.0 Å². The number of likely N-dealkylation sites (tertiary alicyclic amines) is 1. The van der Waals surface area contributed by atoms with Crippen molar-refractivity contribution in [1.82, 2.24) is 9.80 Å². The highest BCUT2D eigenvalue weighted by atomic mass is 16.6. The molecule has 1 spiro atoms. The number of para-hydroxylation sites is 1.